The second kappa shape index (κ2) is 10.9. The first-order valence-electron chi connectivity index (χ1n) is 12.4. The number of halogens is 1. The summed E-state index contributed by atoms with van der Waals surface area (Å²) in [4.78, 5) is 34.0. The third-order valence-electron chi connectivity index (χ3n) is 7.02. The van der Waals surface area contributed by atoms with E-state index in [0.717, 1.165) is 65.8 Å². The number of benzene rings is 1. The highest BCUT2D eigenvalue weighted by molar-refractivity contribution is 6.36. The normalized spacial score (nSPS) is 20.4. The molecule has 0 saturated carbocycles. The molecule has 0 spiro atoms. The third-order valence-corrected chi connectivity index (χ3v) is 7.45. The van der Waals surface area contributed by atoms with E-state index in [1.807, 2.05) is 44.0 Å². The first-order chi connectivity index (χ1) is 16.4. The minimum absolute atomic E-state index is 0.0436. The summed E-state index contributed by atoms with van der Waals surface area (Å²) in [6.45, 7) is 6.76. The maximum absolute atomic E-state index is 13.3. The van der Waals surface area contributed by atoms with Crippen LogP contribution < -0.4 is 5.32 Å². The van der Waals surface area contributed by atoms with Gasteiger partial charge in [-0.3, -0.25) is 9.78 Å². The predicted molar refractivity (Wildman–Crippen MR) is 135 cm³/mol. The Hall–Kier alpha value is -2.38. The summed E-state index contributed by atoms with van der Waals surface area (Å²) >= 11 is 6.80. The van der Waals surface area contributed by atoms with Crippen molar-refractivity contribution < 1.29 is 14.3 Å². The predicted octanol–water partition coefficient (Wildman–Crippen LogP) is 4.30. The van der Waals surface area contributed by atoms with Gasteiger partial charge < -0.3 is 19.9 Å². The summed E-state index contributed by atoms with van der Waals surface area (Å²) < 4.78 is 5.27. The van der Waals surface area contributed by atoms with Crippen LogP contribution in [-0.2, 0) is 17.6 Å². The molecule has 2 aliphatic rings. The molecule has 1 saturated heterocycles. The summed E-state index contributed by atoms with van der Waals surface area (Å²) in [5.74, 6) is 0.561. The van der Waals surface area contributed by atoms with Gasteiger partial charge in [-0.25, -0.2) is 4.79 Å². The van der Waals surface area contributed by atoms with E-state index in [2.05, 4.69) is 5.32 Å². The highest BCUT2D eigenvalue weighted by Gasteiger charge is 2.31. The Morgan fingerprint density at radius 2 is 2.12 bits per heavy atom. The largest absolute Gasteiger partial charge is 0.449 e. The van der Waals surface area contributed by atoms with Crippen LogP contribution in [0.5, 0.6) is 0 Å². The fourth-order valence-electron chi connectivity index (χ4n) is 5.05. The van der Waals surface area contributed by atoms with Crippen LogP contribution in [0.15, 0.2) is 18.2 Å². The molecule has 4 rings (SSSR count). The van der Waals surface area contributed by atoms with Gasteiger partial charge in [0.1, 0.15) is 0 Å². The summed E-state index contributed by atoms with van der Waals surface area (Å²) in [5.41, 5.74) is 3.61. The molecule has 7 nitrogen and oxygen atoms in total. The molecule has 184 valence electrons. The number of nitrogens with zero attached hydrogens (tertiary/aromatic N) is 3. The van der Waals surface area contributed by atoms with Crippen LogP contribution in [0.4, 0.5) is 4.79 Å². The molecule has 0 bridgehead atoms. The van der Waals surface area contributed by atoms with Crippen molar-refractivity contribution in [2.75, 3.05) is 39.8 Å². The number of piperazine rings is 1. The van der Waals surface area contributed by atoms with Crippen LogP contribution in [0.2, 0.25) is 5.02 Å². The SMILES string of the molecule is CCCOC(=O)N1CCN(C(=O)c2ccc3c(Cl)c4c(nc3c2)CC(CCNC)CC4)C[C@H]1C. The molecule has 1 unspecified atom stereocenters. The maximum Gasteiger partial charge on any atom is 0.410 e. The average Bonchev–Trinajstić information content (AvgIpc) is 2.85. The second-order valence-electron chi connectivity index (χ2n) is 9.49. The van der Waals surface area contributed by atoms with Crippen LogP contribution >= 0.6 is 11.6 Å². The molecule has 1 fully saturated rings. The van der Waals surface area contributed by atoms with Gasteiger partial charge in [-0.05, 0) is 76.2 Å². The number of ether oxygens (including phenoxy) is 1. The van der Waals surface area contributed by atoms with Crippen molar-refractivity contribution in [3.8, 4) is 0 Å². The van der Waals surface area contributed by atoms with Gasteiger partial charge in [-0.15, -0.1) is 0 Å². The van der Waals surface area contributed by atoms with Gasteiger partial charge in [0.2, 0.25) is 0 Å². The molecule has 2 heterocycles. The topological polar surface area (TPSA) is 74.8 Å². The molecule has 0 radical (unpaired) electrons. The Bertz CT molecular complexity index is 1060. The fourth-order valence-corrected chi connectivity index (χ4v) is 5.42. The number of nitrogens with one attached hydrogen (secondary N) is 1. The summed E-state index contributed by atoms with van der Waals surface area (Å²) in [5, 5.41) is 4.92. The van der Waals surface area contributed by atoms with E-state index in [9.17, 15) is 9.59 Å². The van der Waals surface area contributed by atoms with E-state index in [1.54, 1.807) is 4.90 Å². The van der Waals surface area contributed by atoms with E-state index in [-0.39, 0.29) is 18.0 Å². The molecule has 8 heteroatoms. The van der Waals surface area contributed by atoms with Gasteiger partial charge in [0, 0.05) is 42.3 Å². The quantitative estimate of drug-likeness (QED) is 0.659. The van der Waals surface area contributed by atoms with Crippen molar-refractivity contribution in [1.29, 1.82) is 0 Å². The number of pyridine rings is 1. The van der Waals surface area contributed by atoms with Gasteiger partial charge in [-0.1, -0.05) is 24.6 Å². The molecule has 34 heavy (non-hydrogen) atoms. The number of hydrogen-bond donors (Lipinski definition) is 1. The lowest BCUT2D eigenvalue weighted by Gasteiger charge is -2.39. The first-order valence-corrected chi connectivity index (χ1v) is 12.8. The van der Waals surface area contributed by atoms with Crippen molar-refractivity contribution >= 4 is 34.5 Å². The monoisotopic (exact) mass is 486 g/mol. The molecular weight excluding hydrogens is 452 g/mol. The minimum atomic E-state index is -0.302. The molecular formula is C26H35ClN4O3. The lowest BCUT2D eigenvalue weighted by Crippen LogP contribution is -2.55. The summed E-state index contributed by atoms with van der Waals surface area (Å²) in [6, 6.07) is 5.53. The minimum Gasteiger partial charge on any atom is -0.449 e. The average molecular weight is 487 g/mol. The molecule has 1 aromatic carbocycles. The van der Waals surface area contributed by atoms with Gasteiger partial charge >= 0.3 is 6.09 Å². The zero-order valence-electron chi connectivity index (χ0n) is 20.4. The number of aromatic nitrogens is 1. The highest BCUT2D eigenvalue weighted by atomic mass is 35.5. The van der Waals surface area contributed by atoms with Crippen LogP contribution in [0.3, 0.4) is 0 Å². The number of rotatable bonds is 6. The third kappa shape index (κ3) is 5.15. The number of carbonyl (C=O) groups is 2. The molecule has 2 amide bonds. The lowest BCUT2D eigenvalue weighted by atomic mass is 9.84. The van der Waals surface area contributed by atoms with Crippen molar-refractivity contribution in [3.63, 3.8) is 0 Å². The van der Waals surface area contributed by atoms with Gasteiger partial charge in [-0.2, -0.15) is 0 Å². The molecule has 2 atom stereocenters. The Kier molecular flexibility index (Phi) is 7.94. The van der Waals surface area contributed by atoms with E-state index in [1.165, 1.54) is 0 Å². The van der Waals surface area contributed by atoms with Crippen LogP contribution in [0.1, 0.15) is 54.7 Å². The highest BCUT2D eigenvalue weighted by Crippen LogP contribution is 2.35. The van der Waals surface area contributed by atoms with Crippen molar-refractivity contribution in [2.24, 2.45) is 5.92 Å². The Morgan fingerprint density at radius 1 is 1.29 bits per heavy atom. The Morgan fingerprint density at radius 3 is 2.85 bits per heavy atom. The van der Waals surface area contributed by atoms with Crippen molar-refractivity contribution in [3.05, 3.63) is 40.0 Å². The van der Waals surface area contributed by atoms with Crippen LogP contribution in [0, 0.1) is 5.92 Å². The number of fused-ring (bicyclic) bond motifs is 2. The molecule has 1 aliphatic carbocycles. The number of hydrogen-bond acceptors (Lipinski definition) is 5. The van der Waals surface area contributed by atoms with Gasteiger partial charge in [0.15, 0.2) is 0 Å². The smallest absolute Gasteiger partial charge is 0.410 e. The van der Waals surface area contributed by atoms with E-state index in [0.29, 0.717) is 37.7 Å². The molecule has 1 N–H and O–H groups in total. The van der Waals surface area contributed by atoms with Crippen LogP contribution in [0.25, 0.3) is 10.9 Å². The van der Waals surface area contributed by atoms with Crippen molar-refractivity contribution in [2.45, 2.75) is 52.0 Å². The Labute approximate surface area is 206 Å². The fraction of sp³-hybridized carbons (Fsp3) is 0.577. The number of amides is 2. The zero-order valence-corrected chi connectivity index (χ0v) is 21.2. The molecule has 1 aromatic heterocycles. The van der Waals surface area contributed by atoms with Crippen LogP contribution in [-0.4, -0.2) is 72.7 Å². The van der Waals surface area contributed by atoms with Crippen molar-refractivity contribution in [1.82, 2.24) is 20.1 Å². The Balaban J connectivity index is 1.50. The van der Waals surface area contributed by atoms with E-state index in [4.69, 9.17) is 21.3 Å². The molecule has 1 aliphatic heterocycles. The lowest BCUT2D eigenvalue weighted by molar-refractivity contribution is 0.0412. The summed E-state index contributed by atoms with van der Waals surface area (Å²) in [6.07, 6.45) is 4.63. The first kappa shape index (κ1) is 24.7. The van der Waals surface area contributed by atoms with Gasteiger partial charge in [0.05, 0.1) is 17.1 Å². The molecule has 2 aromatic rings. The van der Waals surface area contributed by atoms with Gasteiger partial charge in [0.25, 0.3) is 5.91 Å². The number of carbonyl (C=O) groups excluding carboxylic acids is 2. The second-order valence-corrected chi connectivity index (χ2v) is 9.87. The summed E-state index contributed by atoms with van der Waals surface area (Å²) in [7, 11) is 1.98. The standard InChI is InChI=1S/C26H35ClN4O3/c1-4-13-34-26(33)31-12-11-30(16-17(31)2)25(32)19-6-8-21-23(15-19)29-22-14-18(9-10-28-3)5-7-20(22)24(21)27/h6,8,15,17-18,28H,4-5,7,9-14,16H2,1-3H3/t17-,18?/m1/s1. The van der Waals surface area contributed by atoms with E-state index < -0.39 is 0 Å². The maximum atomic E-state index is 13.3. The van der Waals surface area contributed by atoms with E-state index >= 15 is 0 Å². The zero-order chi connectivity index (χ0) is 24.2.